The van der Waals surface area contributed by atoms with Crippen LogP contribution in [0.15, 0.2) is 78.9 Å². The molecule has 0 amide bonds. The minimum absolute atomic E-state index is 0.107. The molecule has 2 heteroatoms. The van der Waals surface area contributed by atoms with E-state index in [0.29, 0.717) is 6.42 Å². The molecule has 3 aromatic carbocycles. The van der Waals surface area contributed by atoms with E-state index in [1.807, 2.05) is 54.6 Å². The van der Waals surface area contributed by atoms with E-state index in [4.69, 9.17) is 0 Å². The van der Waals surface area contributed by atoms with E-state index < -0.39 is 0 Å². The molecular weight excluding hydrogens is 275 g/mol. The van der Waals surface area contributed by atoms with Gasteiger partial charge in [0.1, 0.15) is 5.82 Å². The number of carbonyl (C=O) groups excluding carboxylic acids is 1. The van der Waals surface area contributed by atoms with Crippen LogP contribution in [-0.2, 0) is 6.42 Å². The van der Waals surface area contributed by atoms with Crippen LogP contribution >= 0.6 is 0 Å². The normalized spacial score (nSPS) is 10.4. The number of halogens is 1. The van der Waals surface area contributed by atoms with E-state index in [1.54, 1.807) is 12.1 Å². The van der Waals surface area contributed by atoms with Crippen molar-refractivity contribution in [3.8, 4) is 11.1 Å². The van der Waals surface area contributed by atoms with Crippen LogP contribution in [0.3, 0.4) is 0 Å². The van der Waals surface area contributed by atoms with Crippen LogP contribution in [0, 0.1) is 5.82 Å². The van der Waals surface area contributed by atoms with Crippen molar-refractivity contribution in [3.63, 3.8) is 0 Å². The van der Waals surface area contributed by atoms with Gasteiger partial charge in [-0.2, -0.15) is 0 Å². The van der Waals surface area contributed by atoms with Gasteiger partial charge in [0.25, 0.3) is 0 Å². The Balaban J connectivity index is 1.74. The van der Waals surface area contributed by atoms with Crippen molar-refractivity contribution in [2.75, 3.05) is 0 Å². The molecule has 22 heavy (non-hydrogen) atoms. The first-order valence-corrected chi connectivity index (χ1v) is 7.15. The average Bonchev–Trinajstić information content (AvgIpc) is 2.57. The molecule has 3 rings (SSSR count). The molecule has 0 N–H and O–H groups in total. The molecule has 0 fully saturated rings. The third-order valence-electron chi connectivity index (χ3n) is 3.59. The fourth-order valence-corrected chi connectivity index (χ4v) is 2.37. The molecule has 1 nitrogen and oxygen atoms in total. The topological polar surface area (TPSA) is 17.1 Å². The minimum Gasteiger partial charge on any atom is -0.294 e. The molecule has 3 aromatic rings. The fourth-order valence-electron chi connectivity index (χ4n) is 2.37. The smallest absolute Gasteiger partial charge is 0.167 e. The van der Waals surface area contributed by atoms with E-state index in [1.165, 1.54) is 12.1 Å². The second-order valence-corrected chi connectivity index (χ2v) is 5.17. The lowest BCUT2D eigenvalue weighted by molar-refractivity contribution is 0.0993. The molecule has 0 saturated carbocycles. The first-order chi connectivity index (χ1) is 10.7. The predicted octanol–water partition coefficient (Wildman–Crippen LogP) is 4.92. The second-order valence-electron chi connectivity index (χ2n) is 5.17. The maximum Gasteiger partial charge on any atom is 0.167 e. The molecule has 0 spiro atoms. The van der Waals surface area contributed by atoms with Gasteiger partial charge in [0.05, 0.1) is 0 Å². The second kappa shape index (κ2) is 6.35. The van der Waals surface area contributed by atoms with Gasteiger partial charge in [-0.15, -0.1) is 0 Å². The van der Waals surface area contributed by atoms with Gasteiger partial charge in [0.2, 0.25) is 0 Å². The summed E-state index contributed by atoms with van der Waals surface area (Å²) in [6.07, 6.45) is 0.383. The third kappa shape index (κ3) is 3.29. The summed E-state index contributed by atoms with van der Waals surface area (Å²) in [7, 11) is 0. The standard InChI is InChI=1S/C20H15FO/c21-19-12-10-17(11-13-19)16-8-6-15(7-9-16)14-20(22)18-4-2-1-3-5-18/h1-13H,14H2. The average molecular weight is 290 g/mol. The Morgan fingerprint density at radius 1 is 0.727 bits per heavy atom. The monoisotopic (exact) mass is 290 g/mol. The van der Waals surface area contributed by atoms with E-state index in [0.717, 1.165) is 22.3 Å². The first-order valence-electron chi connectivity index (χ1n) is 7.15. The Morgan fingerprint density at radius 3 is 1.86 bits per heavy atom. The van der Waals surface area contributed by atoms with Crippen molar-refractivity contribution in [2.24, 2.45) is 0 Å². The number of carbonyl (C=O) groups is 1. The molecule has 0 radical (unpaired) electrons. The molecule has 0 heterocycles. The van der Waals surface area contributed by atoms with Gasteiger partial charge >= 0.3 is 0 Å². The summed E-state index contributed by atoms with van der Waals surface area (Å²) < 4.78 is 12.9. The molecule has 0 aliphatic carbocycles. The van der Waals surface area contributed by atoms with Gasteiger partial charge in [0, 0.05) is 12.0 Å². The zero-order valence-electron chi connectivity index (χ0n) is 12.0. The van der Waals surface area contributed by atoms with Gasteiger partial charge in [-0.1, -0.05) is 66.7 Å². The Morgan fingerprint density at radius 2 is 1.27 bits per heavy atom. The summed E-state index contributed by atoms with van der Waals surface area (Å²) in [6, 6.07) is 23.5. The highest BCUT2D eigenvalue weighted by Gasteiger charge is 2.06. The van der Waals surface area contributed by atoms with E-state index in [2.05, 4.69) is 0 Å². The van der Waals surface area contributed by atoms with Crippen LogP contribution in [0.5, 0.6) is 0 Å². The summed E-state index contributed by atoms with van der Waals surface area (Å²) in [6.45, 7) is 0. The quantitative estimate of drug-likeness (QED) is 0.623. The van der Waals surface area contributed by atoms with Gasteiger partial charge in [-0.25, -0.2) is 4.39 Å². The molecule has 0 unspecified atom stereocenters. The summed E-state index contributed by atoms with van der Waals surface area (Å²) in [5.41, 5.74) is 3.67. The number of ketones is 1. The van der Waals surface area contributed by atoms with E-state index in [9.17, 15) is 9.18 Å². The number of hydrogen-bond acceptors (Lipinski definition) is 1. The van der Waals surface area contributed by atoms with Crippen molar-refractivity contribution in [2.45, 2.75) is 6.42 Å². The van der Waals surface area contributed by atoms with Crippen LogP contribution in [0.2, 0.25) is 0 Å². The number of hydrogen-bond donors (Lipinski definition) is 0. The van der Waals surface area contributed by atoms with Gasteiger partial charge in [-0.05, 0) is 28.8 Å². The zero-order chi connectivity index (χ0) is 15.4. The Hall–Kier alpha value is -2.74. The lowest BCUT2D eigenvalue weighted by Crippen LogP contribution is -2.02. The number of Topliss-reactive ketones (excluding diaryl/α,β-unsaturated/α-hetero) is 1. The Kier molecular flexibility index (Phi) is 4.10. The minimum atomic E-state index is -0.242. The van der Waals surface area contributed by atoms with E-state index >= 15 is 0 Å². The molecule has 0 saturated heterocycles. The lowest BCUT2D eigenvalue weighted by Gasteiger charge is -2.05. The van der Waals surface area contributed by atoms with Crippen molar-refractivity contribution < 1.29 is 9.18 Å². The molecule has 0 bridgehead atoms. The highest BCUT2D eigenvalue weighted by molar-refractivity contribution is 5.97. The zero-order valence-corrected chi connectivity index (χ0v) is 12.0. The summed E-state index contributed by atoms with van der Waals surface area (Å²) >= 11 is 0. The number of rotatable bonds is 4. The molecule has 0 aliphatic heterocycles. The maximum absolute atomic E-state index is 12.9. The first kappa shape index (κ1) is 14.2. The lowest BCUT2D eigenvalue weighted by atomic mass is 9.99. The maximum atomic E-state index is 12.9. The van der Waals surface area contributed by atoms with Crippen molar-refractivity contribution in [3.05, 3.63) is 95.8 Å². The third-order valence-corrected chi connectivity index (χ3v) is 3.59. The Bertz CT molecular complexity index is 759. The largest absolute Gasteiger partial charge is 0.294 e. The van der Waals surface area contributed by atoms with E-state index in [-0.39, 0.29) is 11.6 Å². The molecule has 0 aromatic heterocycles. The fraction of sp³-hybridized carbons (Fsp3) is 0.0500. The van der Waals surface area contributed by atoms with Gasteiger partial charge in [0.15, 0.2) is 5.78 Å². The van der Waals surface area contributed by atoms with Crippen molar-refractivity contribution in [1.29, 1.82) is 0 Å². The van der Waals surface area contributed by atoms with Crippen LogP contribution in [0.1, 0.15) is 15.9 Å². The molecule has 0 atom stereocenters. The SMILES string of the molecule is O=C(Cc1ccc(-c2ccc(F)cc2)cc1)c1ccccc1. The summed E-state index contributed by atoms with van der Waals surface area (Å²) in [5.74, 6) is -0.135. The van der Waals surface area contributed by atoms with Crippen molar-refractivity contribution in [1.82, 2.24) is 0 Å². The van der Waals surface area contributed by atoms with Crippen molar-refractivity contribution >= 4 is 5.78 Å². The summed E-state index contributed by atoms with van der Waals surface area (Å²) in [4.78, 5) is 12.2. The van der Waals surface area contributed by atoms with Crippen LogP contribution in [0.25, 0.3) is 11.1 Å². The van der Waals surface area contributed by atoms with Gasteiger partial charge in [-0.3, -0.25) is 4.79 Å². The van der Waals surface area contributed by atoms with Crippen LogP contribution in [-0.4, -0.2) is 5.78 Å². The molecular formula is C20H15FO. The Labute approximate surface area is 129 Å². The predicted molar refractivity (Wildman–Crippen MR) is 86.3 cm³/mol. The van der Waals surface area contributed by atoms with Crippen LogP contribution < -0.4 is 0 Å². The van der Waals surface area contributed by atoms with Crippen LogP contribution in [0.4, 0.5) is 4.39 Å². The summed E-state index contributed by atoms with van der Waals surface area (Å²) in [5, 5.41) is 0. The number of benzene rings is 3. The highest BCUT2D eigenvalue weighted by Crippen LogP contribution is 2.20. The van der Waals surface area contributed by atoms with Gasteiger partial charge < -0.3 is 0 Å². The molecule has 0 aliphatic rings. The molecule has 108 valence electrons. The highest BCUT2D eigenvalue weighted by atomic mass is 19.1.